The maximum Gasteiger partial charge on any atom is 0.0549 e. The monoisotopic (exact) mass is 196 g/mol. The number of likely N-dealkylation sites (N-methyl/N-ethyl adjacent to an activating group) is 2. The highest BCUT2D eigenvalue weighted by atomic mass is 15.3. The molecule has 0 aliphatic rings. The van der Waals surface area contributed by atoms with Crippen molar-refractivity contribution in [2.24, 2.45) is 7.05 Å². The lowest BCUT2D eigenvalue weighted by Crippen LogP contribution is -2.30. The molecule has 4 nitrogen and oxygen atoms in total. The maximum atomic E-state index is 4.17. The van der Waals surface area contributed by atoms with Gasteiger partial charge in [0.2, 0.25) is 0 Å². The first kappa shape index (κ1) is 11.2. The van der Waals surface area contributed by atoms with Crippen molar-refractivity contribution in [3.63, 3.8) is 0 Å². The molecular formula is C10H20N4. The van der Waals surface area contributed by atoms with E-state index in [1.54, 1.807) is 0 Å². The molecule has 0 amide bonds. The quantitative estimate of drug-likeness (QED) is 0.750. The zero-order chi connectivity index (χ0) is 10.6. The van der Waals surface area contributed by atoms with Gasteiger partial charge in [0.05, 0.1) is 5.69 Å². The van der Waals surface area contributed by atoms with Crippen LogP contribution in [0.25, 0.3) is 0 Å². The molecule has 1 atom stereocenters. The van der Waals surface area contributed by atoms with Crippen LogP contribution in [-0.2, 0) is 7.05 Å². The molecular weight excluding hydrogens is 176 g/mol. The summed E-state index contributed by atoms with van der Waals surface area (Å²) in [4.78, 5) is 2.31. The fourth-order valence-electron chi connectivity index (χ4n) is 1.50. The Kier molecular flexibility index (Phi) is 4.10. The van der Waals surface area contributed by atoms with Gasteiger partial charge in [-0.05, 0) is 27.1 Å². The van der Waals surface area contributed by atoms with E-state index >= 15 is 0 Å². The van der Waals surface area contributed by atoms with Crippen molar-refractivity contribution in [1.29, 1.82) is 0 Å². The molecule has 0 bridgehead atoms. The molecule has 0 saturated carbocycles. The van der Waals surface area contributed by atoms with Gasteiger partial charge in [-0.15, -0.1) is 0 Å². The molecule has 1 aromatic rings. The van der Waals surface area contributed by atoms with E-state index in [1.807, 2.05) is 25.0 Å². The number of aryl methyl sites for hydroxylation is 1. The van der Waals surface area contributed by atoms with Gasteiger partial charge in [0.15, 0.2) is 0 Å². The SMILES string of the molecule is CNCCN(C)C(C)c1ccnn1C. The number of rotatable bonds is 5. The molecule has 0 spiro atoms. The molecule has 0 aliphatic carbocycles. The zero-order valence-electron chi connectivity index (χ0n) is 9.49. The second-order valence-electron chi connectivity index (χ2n) is 3.64. The molecule has 14 heavy (non-hydrogen) atoms. The molecule has 80 valence electrons. The molecule has 1 heterocycles. The average molecular weight is 196 g/mol. The van der Waals surface area contributed by atoms with Gasteiger partial charge in [0.25, 0.3) is 0 Å². The van der Waals surface area contributed by atoms with Gasteiger partial charge in [0, 0.05) is 32.4 Å². The van der Waals surface area contributed by atoms with Crippen LogP contribution in [-0.4, -0.2) is 41.9 Å². The van der Waals surface area contributed by atoms with Gasteiger partial charge in [-0.1, -0.05) is 0 Å². The van der Waals surface area contributed by atoms with Crippen LogP contribution in [0, 0.1) is 0 Å². The van der Waals surface area contributed by atoms with Crippen LogP contribution in [0.2, 0.25) is 0 Å². The normalized spacial score (nSPS) is 13.5. The van der Waals surface area contributed by atoms with Crippen LogP contribution in [0.15, 0.2) is 12.3 Å². The molecule has 0 saturated heterocycles. The van der Waals surface area contributed by atoms with E-state index in [0.29, 0.717) is 6.04 Å². The molecule has 0 aliphatic heterocycles. The fraction of sp³-hybridized carbons (Fsp3) is 0.700. The van der Waals surface area contributed by atoms with Crippen LogP contribution < -0.4 is 5.32 Å². The lowest BCUT2D eigenvalue weighted by molar-refractivity contribution is 0.253. The Bertz CT molecular complexity index is 269. The third kappa shape index (κ3) is 2.56. The highest BCUT2D eigenvalue weighted by Gasteiger charge is 2.13. The van der Waals surface area contributed by atoms with Crippen molar-refractivity contribution in [2.45, 2.75) is 13.0 Å². The summed E-state index contributed by atoms with van der Waals surface area (Å²) < 4.78 is 1.93. The van der Waals surface area contributed by atoms with E-state index in [2.05, 4.69) is 35.4 Å². The summed E-state index contributed by atoms with van der Waals surface area (Å²) in [6.45, 7) is 4.26. The van der Waals surface area contributed by atoms with E-state index in [9.17, 15) is 0 Å². The summed E-state index contributed by atoms with van der Waals surface area (Å²) in [6, 6.07) is 2.48. The van der Waals surface area contributed by atoms with Crippen LogP contribution in [0.4, 0.5) is 0 Å². The van der Waals surface area contributed by atoms with Crippen LogP contribution >= 0.6 is 0 Å². The Morgan fingerprint density at radius 3 is 2.86 bits per heavy atom. The number of hydrogen-bond donors (Lipinski definition) is 1. The van der Waals surface area contributed by atoms with Crippen molar-refractivity contribution in [1.82, 2.24) is 20.0 Å². The summed E-state index contributed by atoms with van der Waals surface area (Å²) in [5, 5.41) is 7.32. The first-order chi connectivity index (χ1) is 6.66. The first-order valence-corrected chi connectivity index (χ1v) is 4.99. The van der Waals surface area contributed by atoms with Gasteiger partial charge in [-0.25, -0.2) is 0 Å². The van der Waals surface area contributed by atoms with E-state index in [0.717, 1.165) is 13.1 Å². The van der Waals surface area contributed by atoms with Gasteiger partial charge in [-0.2, -0.15) is 5.10 Å². The van der Waals surface area contributed by atoms with Crippen molar-refractivity contribution < 1.29 is 0 Å². The average Bonchev–Trinajstić information content (AvgIpc) is 2.59. The predicted molar refractivity (Wildman–Crippen MR) is 58.2 cm³/mol. The Morgan fingerprint density at radius 1 is 1.64 bits per heavy atom. The number of nitrogens with one attached hydrogen (secondary N) is 1. The molecule has 4 heteroatoms. The highest BCUT2D eigenvalue weighted by Crippen LogP contribution is 2.16. The van der Waals surface area contributed by atoms with Gasteiger partial charge in [-0.3, -0.25) is 9.58 Å². The molecule has 1 N–H and O–H groups in total. The van der Waals surface area contributed by atoms with Crippen molar-refractivity contribution >= 4 is 0 Å². The molecule has 1 aromatic heterocycles. The van der Waals surface area contributed by atoms with E-state index in [1.165, 1.54) is 5.69 Å². The first-order valence-electron chi connectivity index (χ1n) is 4.99. The van der Waals surface area contributed by atoms with Crippen molar-refractivity contribution in [2.75, 3.05) is 27.2 Å². The third-order valence-corrected chi connectivity index (χ3v) is 2.66. The molecule has 0 radical (unpaired) electrons. The molecule has 0 fully saturated rings. The topological polar surface area (TPSA) is 33.1 Å². The summed E-state index contributed by atoms with van der Waals surface area (Å²) in [5.41, 5.74) is 1.25. The van der Waals surface area contributed by atoms with Crippen LogP contribution in [0.5, 0.6) is 0 Å². The summed E-state index contributed by atoms with van der Waals surface area (Å²) in [7, 11) is 6.09. The van der Waals surface area contributed by atoms with E-state index in [-0.39, 0.29) is 0 Å². The number of aromatic nitrogens is 2. The second-order valence-corrected chi connectivity index (χ2v) is 3.64. The Balaban J connectivity index is 2.56. The minimum Gasteiger partial charge on any atom is -0.318 e. The van der Waals surface area contributed by atoms with Crippen molar-refractivity contribution in [3.8, 4) is 0 Å². The minimum atomic E-state index is 0.413. The van der Waals surface area contributed by atoms with Gasteiger partial charge < -0.3 is 5.32 Å². The van der Waals surface area contributed by atoms with Gasteiger partial charge in [0.1, 0.15) is 0 Å². The maximum absolute atomic E-state index is 4.17. The highest BCUT2D eigenvalue weighted by molar-refractivity contribution is 5.05. The lowest BCUT2D eigenvalue weighted by Gasteiger charge is -2.24. The van der Waals surface area contributed by atoms with Crippen molar-refractivity contribution in [3.05, 3.63) is 18.0 Å². The zero-order valence-corrected chi connectivity index (χ0v) is 9.49. The molecule has 1 unspecified atom stereocenters. The predicted octanol–water partition coefficient (Wildman–Crippen LogP) is 0.632. The smallest absolute Gasteiger partial charge is 0.0549 e. The Labute approximate surface area is 85.9 Å². The lowest BCUT2D eigenvalue weighted by atomic mass is 10.2. The summed E-state index contributed by atoms with van der Waals surface area (Å²) in [5.74, 6) is 0. The van der Waals surface area contributed by atoms with Gasteiger partial charge >= 0.3 is 0 Å². The second kappa shape index (κ2) is 5.12. The van der Waals surface area contributed by atoms with Crippen LogP contribution in [0.1, 0.15) is 18.7 Å². The number of nitrogens with zero attached hydrogens (tertiary/aromatic N) is 3. The largest absolute Gasteiger partial charge is 0.318 e. The Hall–Kier alpha value is -0.870. The number of hydrogen-bond acceptors (Lipinski definition) is 3. The van der Waals surface area contributed by atoms with Crippen LogP contribution in [0.3, 0.4) is 0 Å². The third-order valence-electron chi connectivity index (χ3n) is 2.66. The summed E-state index contributed by atoms with van der Waals surface area (Å²) >= 11 is 0. The van der Waals surface area contributed by atoms with E-state index in [4.69, 9.17) is 0 Å². The molecule has 0 aromatic carbocycles. The Morgan fingerprint density at radius 2 is 2.36 bits per heavy atom. The molecule has 1 rings (SSSR count). The fourth-order valence-corrected chi connectivity index (χ4v) is 1.50. The standard InChI is InChI=1S/C10H20N4/c1-9(13(3)8-7-11-2)10-5-6-12-14(10)4/h5-6,9,11H,7-8H2,1-4H3. The van der Waals surface area contributed by atoms with E-state index < -0.39 is 0 Å². The minimum absolute atomic E-state index is 0.413. The summed E-state index contributed by atoms with van der Waals surface area (Å²) in [6.07, 6.45) is 1.84.